The van der Waals surface area contributed by atoms with Gasteiger partial charge in [0.25, 0.3) is 0 Å². The van der Waals surface area contributed by atoms with Crippen molar-refractivity contribution in [1.29, 1.82) is 0 Å². The van der Waals surface area contributed by atoms with Crippen LogP contribution in [0.15, 0.2) is 18.2 Å². The van der Waals surface area contributed by atoms with Gasteiger partial charge in [-0.05, 0) is 26.1 Å². The van der Waals surface area contributed by atoms with Gasteiger partial charge in [-0.25, -0.2) is 0 Å². The normalized spacial score (nSPS) is 8.67. The summed E-state index contributed by atoms with van der Waals surface area (Å²) in [5, 5.41) is 3.05. The molecule has 0 unspecified atom stereocenters. The van der Waals surface area contributed by atoms with Gasteiger partial charge in [-0.1, -0.05) is 19.9 Å². The molecule has 1 aromatic rings. The molecule has 0 aliphatic heterocycles. The fraction of sp³-hybridized carbons (Fsp3) is 0.500. The van der Waals surface area contributed by atoms with Crippen molar-refractivity contribution in [2.45, 2.75) is 27.3 Å². The first-order valence-electron chi connectivity index (χ1n) is 4.40. The van der Waals surface area contributed by atoms with Gasteiger partial charge in [0.15, 0.2) is 0 Å². The molecule has 0 saturated heterocycles. The van der Waals surface area contributed by atoms with E-state index in [0.29, 0.717) is 0 Å². The Bertz CT molecular complexity index is 209. The Labute approximate surface area is 75.0 Å². The van der Waals surface area contributed by atoms with Crippen LogP contribution < -0.4 is 5.32 Å². The van der Waals surface area contributed by atoms with Crippen molar-refractivity contribution in [3.63, 3.8) is 0 Å². The number of rotatable bonds is 2. The minimum absolute atomic E-state index is 0.849. The molecule has 0 aromatic carbocycles. The topological polar surface area (TPSA) is 24.9 Å². The molecule has 0 aliphatic rings. The number of aromatic nitrogens is 1. The van der Waals surface area contributed by atoms with Crippen LogP contribution in [0.25, 0.3) is 0 Å². The highest BCUT2D eigenvalue weighted by molar-refractivity contribution is 5.09. The van der Waals surface area contributed by atoms with E-state index in [1.54, 1.807) is 0 Å². The zero-order valence-corrected chi connectivity index (χ0v) is 8.39. The van der Waals surface area contributed by atoms with Crippen LogP contribution in [0.2, 0.25) is 0 Å². The third-order valence-electron chi connectivity index (χ3n) is 1.30. The first-order valence-corrected chi connectivity index (χ1v) is 4.40. The Balaban J connectivity index is 0.000000561. The summed E-state index contributed by atoms with van der Waals surface area (Å²) >= 11 is 0. The van der Waals surface area contributed by atoms with Gasteiger partial charge in [0.05, 0.1) is 5.69 Å². The molecule has 0 bridgehead atoms. The maximum Gasteiger partial charge on any atom is 0.0544 e. The average molecular weight is 166 g/mol. The quantitative estimate of drug-likeness (QED) is 0.728. The Morgan fingerprint density at radius 1 is 1.33 bits per heavy atom. The molecular formula is C10H18N2. The number of hydrogen-bond acceptors (Lipinski definition) is 2. The summed E-state index contributed by atoms with van der Waals surface area (Å²) in [6.07, 6.45) is 0. The SMILES string of the molecule is CC.CNCc1cccc(C)n1. The highest BCUT2D eigenvalue weighted by Crippen LogP contribution is 1.96. The van der Waals surface area contributed by atoms with Gasteiger partial charge < -0.3 is 5.32 Å². The summed E-state index contributed by atoms with van der Waals surface area (Å²) in [6.45, 7) is 6.85. The summed E-state index contributed by atoms with van der Waals surface area (Å²) in [5.74, 6) is 0. The van der Waals surface area contributed by atoms with Gasteiger partial charge >= 0.3 is 0 Å². The van der Waals surface area contributed by atoms with Crippen molar-refractivity contribution in [2.24, 2.45) is 0 Å². The zero-order valence-electron chi connectivity index (χ0n) is 8.39. The molecule has 2 heteroatoms. The second-order valence-electron chi connectivity index (χ2n) is 2.30. The molecule has 1 heterocycles. The highest BCUT2D eigenvalue weighted by Gasteiger charge is 1.89. The fourth-order valence-corrected chi connectivity index (χ4v) is 0.879. The standard InChI is InChI=1S/C8H12N2.C2H6/c1-7-4-3-5-8(10-7)6-9-2;1-2/h3-5,9H,6H2,1-2H3;1-2H3. The van der Waals surface area contributed by atoms with Crippen LogP contribution >= 0.6 is 0 Å². The molecule has 0 saturated carbocycles. The van der Waals surface area contributed by atoms with Gasteiger partial charge in [0, 0.05) is 12.2 Å². The molecule has 1 rings (SSSR count). The van der Waals surface area contributed by atoms with E-state index in [0.717, 1.165) is 17.9 Å². The zero-order chi connectivity index (χ0) is 9.40. The molecule has 0 spiro atoms. The average Bonchev–Trinajstić information content (AvgIpc) is 2.09. The predicted octanol–water partition coefficient (Wildman–Crippen LogP) is 2.14. The van der Waals surface area contributed by atoms with E-state index in [1.165, 1.54) is 0 Å². The van der Waals surface area contributed by atoms with Crippen molar-refractivity contribution in [3.8, 4) is 0 Å². The van der Waals surface area contributed by atoms with Crippen molar-refractivity contribution >= 4 is 0 Å². The lowest BCUT2D eigenvalue weighted by molar-refractivity contribution is 0.787. The molecular weight excluding hydrogens is 148 g/mol. The van der Waals surface area contributed by atoms with E-state index in [9.17, 15) is 0 Å². The Morgan fingerprint density at radius 3 is 2.50 bits per heavy atom. The largest absolute Gasteiger partial charge is 0.314 e. The summed E-state index contributed by atoms with van der Waals surface area (Å²) in [4.78, 5) is 4.30. The summed E-state index contributed by atoms with van der Waals surface area (Å²) in [7, 11) is 1.92. The monoisotopic (exact) mass is 166 g/mol. The Hall–Kier alpha value is -0.890. The van der Waals surface area contributed by atoms with Crippen molar-refractivity contribution < 1.29 is 0 Å². The first kappa shape index (κ1) is 11.1. The lowest BCUT2D eigenvalue weighted by atomic mass is 10.3. The van der Waals surface area contributed by atoms with Crippen molar-refractivity contribution in [3.05, 3.63) is 29.6 Å². The molecule has 1 aromatic heterocycles. The fourth-order valence-electron chi connectivity index (χ4n) is 0.879. The van der Waals surface area contributed by atoms with Crippen LogP contribution in [0.4, 0.5) is 0 Å². The van der Waals surface area contributed by atoms with Gasteiger partial charge in [0.2, 0.25) is 0 Å². The third-order valence-corrected chi connectivity index (χ3v) is 1.30. The summed E-state index contributed by atoms with van der Waals surface area (Å²) in [5.41, 5.74) is 2.18. The molecule has 1 N–H and O–H groups in total. The Kier molecular flexibility index (Phi) is 6.29. The van der Waals surface area contributed by atoms with Crippen molar-refractivity contribution in [2.75, 3.05) is 7.05 Å². The van der Waals surface area contributed by atoms with E-state index in [2.05, 4.69) is 10.3 Å². The molecule has 68 valence electrons. The molecule has 2 nitrogen and oxygen atoms in total. The van der Waals surface area contributed by atoms with Crippen LogP contribution in [0, 0.1) is 6.92 Å². The van der Waals surface area contributed by atoms with Crippen LogP contribution in [0.1, 0.15) is 25.2 Å². The van der Waals surface area contributed by atoms with E-state index >= 15 is 0 Å². The molecule has 12 heavy (non-hydrogen) atoms. The minimum Gasteiger partial charge on any atom is -0.314 e. The first-order chi connectivity index (χ1) is 5.83. The third kappa shape index (κ3) is 4.09. The number of nitrogens with one attached hydrogen (secondary N) is 1. The number of hydrogen-bond donors (Lipinski definition) is 1. The van der Waals surface area contributed by atoms with Gasteiger partial charge in [-0.2, -0.15) is 0 Å². The predicted molar refractivity (Wildman–Crippen MR) is 53.1 cm³/mol. The number of pyridine rings is 1. The second-order valence-corrected chi connectivity index (χ2v) is 2.30. The Morgan fingerprint density at radius 2 is 2.00 bits per heavy atom. The molecule has 0 radical (unpaired) electrons. The van der Waals surface area contributed by atoms with Gasteiger partial charge in [-0.3, -0.25) is 4.98 Å². The second kappa shape index (κ2) is 6.80. The van der Waals surface area contributed by atoms with Crippen LogP contribution in [-0.2, 0) is 6.54 Å². The van der Waals surface area contributed by atoms with E-state index in [4.69, 9.17) is 0 Å². The van der Waals surface area contributed by atoms with E-state index < -0.39 is 0 Å². The number of nitrogens with zero attached hydrogens (tertiary/aromatic N) is 1. The summed E-state index contributed by atoms with van der Waals surface area (Å²) in [6, 6.07) is 6.04. The lowest BCUT2D eigenvalue weighted by Crippen LogP contribution is -2.06. The summed E-state index contributed by atoms with van der Waals surface area (Å²) < 4.78 is 0. The van der Waals surface area contributed by atoms with Crippen LogP contribution in [0.3, 0.4) is 0 Å². The smallest absolute Gasteiger partial charge is 0.0544 e. The molecule has 0 aliphatic carbocycles. The van der Waals surface area contributed by atoms with Gasteiger partial charge in [-0.15, -0.1) is 0 Å². The maximum atomic E-state index is 4.30. The number of aryl methyl sites for hydroxylation is 1. The minimum atomic E-state index is 0.849. The van der Waals surface area contributed by atoms with Gasteiger partial charge in [0.1, 0.15) is 0 Å². The molecule has 0 fully saturated rings. The van der Waals surface area contributed by atoms with Crippen molar-refractivity contribution in [1.82, 2.24) is 10.3 Å². The van der Waals surface area contributed by atoms with Crippen LogP contribution in [0.5, 0.6) is 0 Å². The van der Waals surface area contributed by atoms with Crippen LogP contribution in [-0.4, -0.2) is 12.0 Å². The highest BCUT2D eigenvalue weighted by atomic mass is 14.8. The maximum absolute atomic E-state index is 4.30. The lowest BCUT2D eigenvalue weighted by Gasteiger charge is -1.98. The van der Waals surface area contributed by atoms with E-state index in [1.807, 2.05) is 46.0 Å². The molecule has 0 atom stereocenters. The van der Waals surface area contributed by atoms with E-state index in [-0.39, 0.29) is 0 Å². The molecule has 0 amide bonds.